The molecule has 4 aromatic rings. The number of carbonyl (C=O) groups is 1. The molecule has 0 saturated heterocycles. The van der Waals surface area contributed by atoms with Crippen LogP contribution in [0, 0.1) is 0 Å². The third kappa shape index (κ3) is 4.87. The van der Waals surface area contributed by atoms with Crippen LogP contribution in [0.1, 0.15) is 0 Å². The van der Waals surface area contributed by atoms with Crippen LogP contribution in [-0.2, 0) is 4.79 Å². The zero-order valence-corrected chi connectivity index (χ0v) is 15.8. The number of nitrogens with zero attached hydrogens (tertiary/aromatic N) is 1. The number of hydrogen-bond acceptors (Lipinski definition) is 3. The molecule has 4 nitrogen and oxygen atoms in total. The van der Waals surface area contributed by atoms with Gasteiger partial charge in [-0.05, 0) is 58.7 Å². The van der Waals surface area contributed by atoms with E-state index in [2.05, 4.69) is 22.4 Å². The zero-order chi connectivity index (χ0) is 19.9. The number of hydrogen-bond donors (Lipinski definition) is 1. The molecular weight excluding hydrogens is 360 g/mol. The number of ether oxygens (including phenoxy) is 1. The average molecular weight is 380 g/mol. The fourth-order valence-electron chi connectivity index (χ4n) is 3.01. The lowest BCUT2D eigenvalue weighted by Gasteiger charge is -2.09. The Morgan fingerprint density at radius 2 is 1.24 bits per heavy atom. The second kappa shape index (κ2) is 8.85. The summed E-state index contributed by atoms with van der Waals surface area (Å²) in [6, 6.07) is 29.4. The van der Waals surface area contributed by atoms with Crippen LogP contribution in [0.2, 0.25) is 0 Å². The van der Waals surface area contributed by atoms with Gasteiger partial charge in [0, 0.05) is 18.1 Å². The van der Waals surface area contributed by atoms with E-state index in [4.69, 9.17) is 4.74 Å². The summed E-state index contributed by atoms with van der Waals surface area (Å²) in [5, 5.41) is 2.86. The highest BCUT2D eigenvalue weighted by Crippen LogP contribution is 2.22. The summed E-state index contributed by atoms with van der Waals surface area (Å²) in [6.45, 7) is -0.0466. The third-order valence-corrected chi connectivity index (χ3v) is 4.51. The maximum atomic E-state index is 12.2. The molecule has 0 aliphatic rings. The van der Waals surface area contributed by atoms with Crippen LogP contribution in [0.3, 0.4) is 0 Å². The highest BCUT2D eigenvalue weighted by atomic mass is 16.5. The second-order valence-corrected chi connectivity index (χ2v) is 6.54. The van der Waals surface area contributed by atoms with Crippen molar-refractivity contribution in [2.45, 2.75) is 0 Å². The number of anilines is 1. The number of nitrogens with one attached hydrogen (secondary N) is 1. The van der Waals surface area contributed by atoms with Gasteiger partial charge in [0.05, 0.1) is 0 Å². The Bertz CT molecular complexity index is 1060. The molecule has 0 atom stereocenters. The first kappa shape index (κ1) is 18.4. The van der Waals surface area contributed by atoms with Crippen molar-refractivity contribution in [2.24, 2.45) is 0 Å². The molecule has 0 fully saturated rings. The van der Waals surface area contributed by atoms with Gasteiger partial charge in [-0.25, -0.2) is 0 Å². The Labute approximate surface area is 169 Å². The number of carbonyl (C=O) groups excluding carboxylic acids is 1. The van der Waals surface area contributed by atoms with Crippen molar-refractivity contribution in [3.8, 4) is 28.0 Å². The second-order valence-electron chi connectivity index (χ2n) is 6.54. The first-order chi connectivity index (χ1) is 14.3. The Hall–Kier alpha value is -3.92. The minimum Gasteiger partial charge on any atom is -0.484 e. The van der Waals surface area contributed by atoms with Gasteiger partial charge in [0.15, 0.2) is 6.61 Å². The Balaban J connectivity index is 1.31. The fourth-order valence-corrected chi connectivity index (χ4v) is 3.01. The van der Waals surface area contributed by atoms with Gasteiger partial charge in [0.1, 0.15) is 5.75 Å². The average Bonchev–Trinajstić information content (AvgIpc) is 2.80. The van der Waals surface area contributed by atoms with Gasteiger partial charge in [0.2, 0.25) is 0 Å². The van der Waals surface area contributed by atoms with Crippen LogP contribution in [0.4, 0.5) is 5.69 Å². The first-order valence-electron chi connectivity index (χ1n) is 9.36. The predicted octanol–water partition coefficient (Wildman–Crippen LogP) is 5.43. The number of rotatable bonds is 6. The first-order valence-corrected chi connectivity index (χ1v) is 9.36. The van der Waals surface area contributed by atoms with Crippen LogP contribution >= 0.6 is 0 Å². The maximum absolute atomic E-state index is 12.2. The van der Waals surface area contributed by atoms with Crippen molar-refractivity contribution in [1.29, 1.82) is 0 Å². The minimum absolute atomic E-state index is 0.0466. The number of benzene rings is 3. The molecule has 1 N–H and O–H groups in total. The lowest BCUT2D eigenvalue weighted by Crippen LogP contribution is -2.20. The lowest BCUT2D eigenvalue weighted by atomic mass is 10.1. The zero-order valence-electron chi connectivity index (χ0n) is 15.8. The van der Waals surface area contributed by atoms with E-state index in [-0.39, 0.29) is 12.5 Å². The summed E-state index contributed by atoms with van der Waals surface area (Å²) in [7, 11) is 0. The number of pyridine rings is 1. The van der Waals surface area contributed by atoms with E-state index in [1.165, 1.54) is 0 Å². The standard InChI is InChI=1S/C25H20N2O2/c28-25(27-23-10-6-20(7-11-23)19-4-2-1-3-5-19)18-29-24-12-8-21(9-13-24)22-14-16-26-17-15-22/h1-17H,18H2,(H,27,28). The van der Waals surface area contributed by atoms with Gasteiger partial charge in [-0.1, -0.05) is 54.6 Å². The SMILES string of the molecule is O=C(COc1ccc(-c2ccncc2)cc1)Nc1ccc(-c2ccccc2)cc1. The van der Waals surface area contributed by atoms with Crippen LogP contribution in [0.5, 0.6) is 5.75 Å². The monoisotopic (exact) mass is 380 g/mol. The van der Waals surface area contributed by atoms with E-state index in [0.29, 0.717) is 5.75 Å². The Morgan fingerprint density at radius 3 is 1.90 bits per heavy atom. The molecule has 0 aliphatic carbocycles. The fraction of sp³-hybridized carbons (Fsp3) is 0.0400. The van der Waals surface area contributed by atoms with Gasteiger partial charge < -0.3 is 10.1 Å². The van der Waals surface area contributed by atoms with E-state index in [9.17, 15) is 4.79 Å². The molecule has 1 heterocycles. The van der Waals surface area contributed by atoms with Crippen LogP contribution in [0.15, 0.2) is 103 Å². The molecule has 4 rings (SSSR count). The quantitative estimate of drug-likeness (QED) is 0.485. The van der Waals surface area contributed by atoms with E-state index in [1.54, 1.807) is 12.4 Å². The lowest BCUT2D eigenvalue weighted by molar-refractivity contribution is -0.118. The van der Waals surface area contributed by atoms with Crippen LogP contribution in [0.25, 0.3) is 22.3 Å². The highest BCUT2D eigenvalue weighted by molar-refractivity contribution is 5.92. The maximum Gasteiger partial charge on any atom is 0.262 e. The molecule has 29 heavy (non-hydrogen) atoms. The molecule has 3 aromatic carbocycles. The highest BCUT2D eigenvalue weighted by Gasteiger charge is 2.05. The summed E-state index contributed by atoms with van der Waals surface area (Å²) < 4.78 is 5.60. The summed E-state index contributed by atoms with van der Waals surface area (Å²) in [6.07, 6.45) is 3.52. The van der Waals surface area contributed by atoms with Crippen molar-refractivity contribution in [2.75, 3.05) is 11.9 Å². The predicted molar refractivity (Wildman–Crippen MR) is 116 cm³/mol. The minimum atomic E-state index is -0.198. The van der Waals surface area contributed by atoms with Crippen molar-refractivity contribution in [3.05, 3.63) is 103 Å². The van der Waals surface area contributed by atoms with Crippen LogP contribution in [-0.4, -0.2) is 17.5 Å². The molecule has 1 amide bonds. The van der Waals surface area contributed by atoms with Crippen molar-refractivity contribution < 1.29 is 9.53 Å². The largest absolute Gasteiger partial charge is 0.484 e. The molecule has 142 valence electrons. The van der Waals surface area contributed by atoms with Gasteiger partial charge in [-0.3, -0.25) is 9.78 Å². The van der Waals surface area contributed by atoms with Crippen molar-refractivity contribution >= 4 is 11.6 Å². The van der Waals surface area contributed by atoms with Gasteiger partial charge in [0.25, 0.3) is 5.91 Å². The van der Waals surface area contributed by atoms with Gasteiger partial charge >= 0.3 is 0 Å². The van der Waals surface area contributed by atoms with E-state index in [1.807, 2.05) is 78.9 Å². The van der Waals surface area contributed by atoms with E-state index < -0.39 is 0 Å². The van der Waals surface area contributed by atoms with Crippen molar-refractivity contribution in [3.63, 3.8) is 0 Å². The Kier molecular flexibility index (Phi) is 5.63. The van der Waals surface area contributed by atoms with Crippen molar-refractivity contribution in [1.82, 2.24) is 4.98 Å². The molecular formula is C25H20N2O2. The smallest absolute Gasteiger partial charge is 0.262 e. The van der Waals surface area contributed by atoms with E-state index >= 15 is 0 Å². The molecule has 0 radical (unpaired) electrons. The molecule has 1 aromatic heterocycles. The van der Waals surface area contributed by atoms with Crippen LogP contribution < -0.4 is 10.1 Å². The molecule has 0 saturated carbocycles. The summed E-state index contributed by atoms with van der Waals surface area (Å²) in [5.74, 6) is 0.452. The molecule has 0 spiro atoms. The number of aromatic nitrogens is 1. The Morgan fingerprint density at radius 1 is 0.690 bits per heavy atom. The topological polar surface area (TPSA) is 51.2 Å². The van der Waals surface area contributed by atoms with Gasteiger partial charge in [-0.2, -0.15) is 0 Å². The van der Waals surface area contributed by atoms with E-state index in [0.717, 1.165) is 27.9 Å². The number of amides is 1. The molecule has 0 aliphatic heterocycles. The summed E-state index contributed by atoms with van der Waals surface area (Å²) >= 11 is 0. The summed E-state index contributed by atoms with van der Waals surface area (Å²) in [4.78, 5) is 16.2. The molecule has 0 unspecified atom stereocenters. The summed E-state index contributed by atoms with van der Waals surface area (Å²) in [5.41, 5.74) is 5.15. The molecule has 0 bridgehead atoms. The van der Waals surface area contributed by atoms with Gasteiger partial charge in [-0.15, -0.1) is 0 Å². The third-order valence-electron chi connectivity index (χ3n) is 4.51. The molecule has 4 heteroatoms. The normalized spacial score (nSPS) is 10.3.